The van der Waals surface area contributed by atoms with Crippen molar-refractivity contribution in [3.05, 3.63) is 71.7 Å². The van der Waals surface area contributed by atoms with Crippen molar-refractivity contribution >= 4 is 18.1 Å². The predicted octanol–water partition coefficient (Wildman–Crippen LogP) is 5.17. The highest BCUT2D eigenvalue weighted by molar-refractivity contribution is 5.72. The van der Waals surface area contributed by atoms with Gasteiger partial charge < -0.3 is 23.9 Å². The Morgan fingerprint density at radius 3 is 2.94 bits per heavy atom. The number of carboxylic acid groups (broad SMARTS) is 1. The molecule has 7 nitrogen and oxygen atoms in total. The molecule has 7 heteroatoms. The molecule has 0 radical (unpaired) electrons. The van der Waals surface area contributed by atoms with Crippen LogP contribution in [0, 0.1) is 0 Å². The fourth-order valence-electron chi connectivity index (χ4n) is 4.06. The first-order valence-electron chi connectivity index (χ1n) is 11.8. The first-order chi connectivity index (χ1) is 16.5. The smallest absolute Gasteiger partial charge is 0.344 e. The minimum absolute atomic E-state index is 0.321. The second-order valence-corrected chi connectivity index (χ2v) is 8.82. The number of carboxylic acids is 1. The maximum atomic E-state index is 11.4. The van der Waals surface area contributed by atoms with E-state index < -0.39 is 12.1 Å². The minimum Gasteiger partial charge on any atom is -0.479 e. The number of anilines is 1. The van der Waals surface area contributed by atoms with Crippen LogP contribution < -0.4 is 9.64 Å². The first kappa shape index (κ1) is 23.8. The zero-order valence-corrected chi connectivity index (χ0v) is 19.8. The van der Waals surface area contributed by atoms with E-state index in [1.165, 1.54) is 0 Å². The van der Waals surface area contributed by atoms with Crippen LogP contribution in [0.3, 0.4) is 0 Å². The number of aromatic nitrogens is 1. The Balaban J connectivity index is 1.50. The molecule has 0 amide bonds. The fourth-order valence-corrected chi connectivity index (χ4v) is 4.06. The third-order valence-electron chi connectivity index (χ3n) is 6.01. The van der Waals surface area contributed by atoms with Crippen LogP contribution in [0.4, 0.5) is 6.01 Å². The number of ether oxygens (including phenoxy) is 2. The predicted molar refractivity (Wildman–Crippen MR) is 131 cm³/mol. The van der Waals surface area contributed by atoms with Crippen LogP contribution in [-0.2, 0) is 22.5 Å². The summed E-state index contributed by atoms with van der Waals surface area (Å²) >= 11 is 0. The number of oxazole rings is 1. The van der Waals surface area contributed by atoms with E-state index >= 15 is 0 Å². The highest BCUT2D eigenvalue weighted by Crippen LogP contribution is 2.27. The summed E-state index contributed by atoms with van der Waals surface area (Å²) < 4.78 is 18.0. The Hall–Kier alpha value is -3.32. The van der Waals surface area contributed by atoms with Crippen molar-refractivity contribution in [2.75, 3.05) is 18.1 Å². The van der Waals surface area contributed by atoms with Gasteiger partial charge in [-0.1, -0.05) is 49.4 Å². The largest absolute Gasteiger partial charge is 0.479 e. The van der Waals surface area contributed by atoms with Crippen molar-refractivity contribution in [2.45, 2.75) is 57.8 Å². The second kappa shape index (κ2) is 10.7. The van der Waals surface area contributed by atoms with Crippen molar-refractivity contribution < 1.29 is 23.8 Å². The molecule has 2 aromatic rings. The molecular formula is C27H32N2O5. The van der Waals surface area contributed by atoms with Gasteiger partial charge in [-0.3, -0.25) is 0 Å². The van der Waals surface area contributed by atoms with Gasteiger partial charge in [0, 0.05) is 19.5 Å². The van der Waals surface area contributed by atoms with E-state index in [0.717, 1.165) is 36.3 Å². The van der Waals surface area contributed by atoms with E-state index in [2.05, 4.69) is 30.1 Å². The molecule has 0 spiro atoms. The summed E-state index contributed by atoms with van der Waals surface area (Å²) in [5.74, 6) is 0.467. The van der Waals surface area contributed by atoms with E-state index in [4.69, 9.17) is 18.9 Å². The van der Waals surface area contributed by atoms with E-state index in [9.17, 15) is 9.90 Å². The first-order valence-corrected chi connectivity index (χ1v) is 11.8. The summed E-state index contributed by atoms with van der Waals surface area (Å²) in [4.78, 5) is 18.2. The third-order valence-corrected chi connectivity index (χ3v) is 6.01. The molecule has 2 unspecified atom stereocenters. The average Bonchev–Trinajstić information content (AvgIpc) is 3.27. The van der Waals surface area contributed by atoms with Crippen LogP contribution in [0.2, 0.25) is 0 Å². The second-order valence-electron chi connectivity index (χ2n) is 8.82. The number of carbonyl (C=O) groups is 1. The molecule has 0 bridgehead atoms. The zero-order valence-electron chi connectivity index (χ0n) is 19.8. The van der Waals surface area contributed by atoms with Crippen molar-refractivity contribution in [3.8, 4) is 5.75 Å². The maximum absolute atomic E-state index is 11.4. The number of hydrogen-bond acceptors (Lipinski definition) is 6. The van der Waals surface area contributed by atoms with Gasteiger partial charge in [0.15, 0.2) is 6.10 Å². The summed E-state index contributed by atoms with van der Waals surface area (Å²) in [5.41, 5.74) is 1.53. The lowest BCUT2D eigenvalue weighted by Gasteiger charge is -2.29. The van der Waals surface area contributed by atoms with Crippen LogP contribution in [0.25, 0.3) is 6.08 Å². The molecule has 180 valence electrons. The molecule has 1 aromatic heterocycles. The van der Waals surface area contributed by atoms with Gasteiger partial charge in [0.1, 0.15) is 17.2 Å². The van der Waals surface area contributed by atoms with Crippen LogP contribution in [-0.4, -0.2) is 40.9 Å². The number of allylic oxidation sites excluding steroid dienone is 3. The lowest BCUT2D eigenvalue weighted by atomic mass is 9.98. The highest BCUT2D eigenvalue weighted by atomic mass is 16.5. The summed E-state index contributed by atoms with van der Waals surface area (Å²) in [5, 5.41) is 9.32. The summed E-state index contributed by atoms with van der Waals surface area (Å²) in [6, 6.07) is 8.07. The molecule has 2 aliphatic carbocycles. The molecule has 0 saturated heterocycles. The van der Waals surface area contributed by atoms with Crippen molar-refractivity contribution in [3.63, 3.8) is 0 Å². The van der Waals surface area contributed by atoms with Gasteiger partial charge in [-0.15, -0.1) is 0 Å². The molecule has 0 fully saturated rings. The van der Waals surface area contributed by atoms with E-state index in [-0.39, 0.29) is 5.60 Å². The number of fused-ring (bicyclic) bond motifs is 1. The Labute approximate surface area is 200 Å². The SMILES string of the molecule is CCC(Oc1cccc(CN(CCOC2(C)C=CC=CC2)c2nc3c(o2)CCC=C3)c1)C(=O)O. The monoisotopic (exact) mass is 464 g/mol. The number of rotatable bonds is 11. The number of benzene rings is 1. The van der Waals surface area contributed by atoms with Gasteiger partial charge in [0.2, 0.25) is 0 Å². The summed E-state index contributed by atoms with van der Waals surface area (Å²) in [6.07, 6.45) is 14.5. The quantitative estimate of drug-likeness (QED) is 0.491. The van der Waals surface area contributed by atoms with Crippen LogP contribution in [0.5, 0.6) is 5.75 Å². The maximum Gasteiger partial charge on any atom is 0.344 e. The van der Waals surface area contributed by atoms with Crippen LogP contribution in [0.1, 0.15) is 50.1 Å². The highest BCUT2D eigenvalue weighted by Gasteiger charge is 2.24. The van der Waals surface area contributed by atoms with Crippen molar-refractivity contribution in [1.82, 2.24) is 4.98 Å². The number of nitrogens with zero attached hydrogens (tertiary/aromatic N) is 2. The van der Waals surface area contributed by atoms with E-state index in [1.54, 1.807) is 13.0 Å². The van der Waals surface area contributed by atoms with Gasteiger partial charge in [-0.2, -0.15) is 4.98 Å². The Morgan fingerprint density at radius 2 is 2.21 bits per heavy atom. The lowest BCUT2D eigenvalue weighted by molar-refractivity contribution is -0.145. The number of aryl methyl sites for hydroxylation is 1. The molecule has 1 heterocycles. The summed E-state index contributed by atoms with van der Waals surface area (Å²) in [6.45, 7) is 5.50. The zero-order chi connectivity index (χ0) is 24.0. The molecule has 1 N–H and O–H groups in total. The van der Waals surface area contributed by atoms with Crippen molar-refractivity contribution in [2.24, 2.45) is 0 Å². The molecule has 2 aliphatic rings. The Morgan fingerprint density at radius 1 is 1.32 bits per heavy atom. The van der Waals surface area contributed by atoms with Crippen LogP contribution >= 0.6 is 0 Å². The minimum atomic E-state index is -0.967. The molecule has 0 saturated carbocycles. The molecule has 4 rings (SSSR count). The van der Waals surface area contributed by atoms with E-state index in [1.807, 2.05) is 36.4 Å². The standard InChI is InChI=1S/C27H32N2O5/c1-3-23(25(30)31)33-21-11-9-10-20(18-21)19-29(16-17-32-27(2)14-7-4-8-15-27)26-28-22-12-5-6-13-24(22)34-26/h4-5,7-12,14,18,23H,3,6,13,15-17,19H2,1-2H3,(H,30,31). The molecule has 0 aliphatic heterocycles. The number of hydrogen-bond donors (Lipinski definition) is 1. The lowest BCUT2D eigenvalue weighted by Crippen LogP contribution is -2.33. The third kappa shape index (κ3) is 5.97. The normalized spacial score (nSPS) is 19.6. The molecule has 34 heavy (non-hydrogen) atoms. The molecule has 2 atom stereocenters. The van der Waals surface area contributed by atoms with Gasteiger partial charge in [0.25, 0.3) is 6.01 Å². The Bertz CT molecular complexity index is 1090. The topological polar surface area (TPSA) is 85.0 Å². The van der Waals surface area contributed by atoms with Gasteiger partial charge in [0.05, 0.1) is 12.2 Å². The number of aliphatic carboxylic acids is 1. The van der Waals surface area contributed by atoms with Crippen LogP contribution in [0.15, 0.2) is 59.1 Å². The Kier molecular flexibility index (Phi) is 7.53. The molecule has 1 aromatic carbocycles. The fraction of sp³-hybridized carbons (Fsp3) is 0.407. The van der Waals surface area contributed by atoms with Crippen molar-refractivity contribution in [1.29, 1.82) is 0 Å². The van der Waals surface area contributed by atoms with Gasteiger partial charge >= 0.3 is 5.97 Å². The summed E-state index contributed by atoms with van der Waals surface area (Å²) in [7, 11) is 0. The molecular weight excluding hydrogens is 432 g/mol. The van der Waals surface area contributed by atoms with Gasteiger partial charge in [-0.05, 0) is 50.0 Å². The average molecular weight is 465 g/mol. The van der Waals surface area contributed by atoms with Gasteiger partial charge in [-0.25, -0.2) is 4.79 Å². The van der Waals surface area contributed by atoms with E-state index in [0.29, 0.717) is 37.9 Å².